The number of rotatable bonds is 9. The van der Waals surface area contributed by atoms with Crippen LogP contribution < -0.4 is 0 Å². The van der Waals surface area contributed by atoms with Crippen LogP contribution in [0.15, 0.2) is 85.5 Å². The van der Waals surface area contributed by atoms with E-state index in [-0.39, 0.29) is 5.78 Å². The molecule has 5 aromatic rings. The fourth-order valence-corrected chi connectivity index (χ4v) is 4.60. The Hall–Kier alpha value is -3.33. The highest BCUT2D eigenvalue weighted by Gasteiger charge is 2.25. The molecule has 3 aromatic heterocycles. The number of ketones is 1. The molecule has 0 amide bonds. The minimum absolute atomic E-state index is 0.181. The highest BCUT2D eigenvalue weighted by Crippen LogP contribution is 2.30. The van der Waals surface area contributed by atoms with Crippen molar-refractivity contribution in [1.82, 2.24) is 19.1 Å². The molecule has 0 bridgehead atoms. The van der Waals surface area contributed by atoms with Crippen LogP contribution in [0.3, 0.4) is 0 Å². The number of fused-ring (bicyclic) bond motifs is 1. The van der Waals surface area contributed by atoms with Gasteiger partial charge in [-0.3, -0.25) is 9.78 Å². The molecule has 9 heteroatoms. The third kappa shape index (κ3) is 4.78. The van der Waals surface area contributed by atoms with Crippen molar-refractivity contribution in [1.29, 1.82) is 1.34 Å². The highest BCUT2D eigenvalue weighted by molar-refractivity contribution is 8.15. The van der Waals surface area contributed by atoms with E-state index in [0.717, 1.165) is 41.0 Å². The summed E-state index contributed by atoms with van der Waals surface area (Å²) in [5, 5.41) is 1.55. The van der Waals surface area contributed by atoms with E-state index in [1.54, 1.807) is 30.2 Å². The Morgan fingerprint density at radius 3 is 2.77 bits per heavy atom. The molecule has 173 valence electrons. The number of imidazole rings is 1. The molecule has 0 spiro atoms. The van der Waals surface area contributed by atoms with Crippen LogP contribution in [0.4, 0.5) is 0 Å². The Balaban J connectivity index is 1.51. The van der Waals surface area contributed by atoms with Crippen molar-refractivity contribution in [3.8, 4) is 0 Å². The van der Waals surface area contributed by atoms with Crippen LogP contribution in [-0.4, -0.2) is 33.3 Å². The van der Waals surface area contributed by atoms with Gasteiger partial charge in [-0.15, -0.1) is 0 Å². The number of hydrogen-bond donors (Lipinski definition) is 0. The van der Waals surface area contributed by atoms with Crippen LogP contribution in [0.5, 0.6) is 0 Å². The predicted molar refractivity (Wildman–Crippen MR) is 141 cm³/mol. The first kappa shape index (κ1) is 22.2. The van der Waals surface area contributed by atoms with Gasteiger partial charge in [0, 0.05) is 59.9 Å². The van der Waals surface area contributed by atoms with E-state index in [4.69, 9.17) is 17.1 Å². The zero-order valence-electron chi connectivity index (χ0n) is 19.8. The zero-order valence-corrected chi connectivity index (χ0v) is 20.4. The van der Waals surface area contributed by atoms with Crippen LogP contribution in [0.1, 0.15) is 39.1 Å². The molecule has 0 aliphatic heterocycles. The number of benzene rings is 2. The summed E-state index contributed by atoms with van der Waals surface area (Å²) < 4.78 is 16.9. The average Bonchev–Trinajstić information content (AvgIpc) is 3.47. The van der Waals surface area contributed by atoms with Crippen molar-refractivity contribution in [3.63, 3.8) is 0 Å². The molecule has 0 fully saturated rings. The Morgan fingerprint density at radius 1 is 1.17 bits per heavy atom. The molecule has 2 aromatic carbocycles. The number of halogens is 1. The second-order valence-corrected chi connectivity index (χ2v) is 8.92. The number of carbonyl (C=O) groups excluding carboxylic acids is 1. The van der Waals surface area contributed by atoms with Gasteiger partial charge in [-0.2, -0.15) is 0 Å². The molecule has 0 saturated carbocycles. The fraction of sp³-hybridized carbons (Fsp3) is 0.115. The molecule has 0 aliphatic carbocycles. The Bertz CT molecular complexity index is 1510. The van der Waals surface area contributed by atoms with Gasteiger partial charge < -0.3 is 13.3 Å². The molecule has 1 radical (unpaired) electrons. The largest absolute Gasteiger partial charge is 0.342 e. The summed E-state index contributed by atoms with van der Waals surface area (Å²) >= 11 is 6.94. The van der Waals surface area contributed by atoms with Crippen molar-refractivity contribution >= 4 is 47.3 Å². The molecule has 0 aliphatic rings. The van der Waals surface area contributed by atoms with Crippen LogP contribution >= 0.6 is 23.5 Å². The van der Waals surface area contributed by atoms with Crippen molar-refractivity contribution < 1.29 is 8.98 Å². The Labute approximate surface area is 214 Å². The summed E-state index contributed by atoms with van der Waals surface area (Å²) in [6.07, 6.45) is 6.45. The lowest BCUT2D eigenvalue weighted by atomic mass is 10.1. The Morgan fingerprint density at radius 2 is 2.00 bits per heavy atom. The molecule has 1 atom stereocenters. The summed E-state index contributed by atoms with van der Waals surface area (Å²) in [6, 6.07) is 19.2. The molecular weight excluding hydrogens is 479 g/mol. The van der Waals surface area contributed by atoms with Crippen molar-refractivity contribution in [2.45, 2.75) is 12.6 Å². The van der Waals surface area contributed by atoms with Crippen LogP contribution in [0, 0.1) is 0 Å². The summed E-state index contributed by atoms with van der Waals surface area (Å²) in [7, 11) is 2.90. The first-order valence-electron chi connectivity index (χ1n) is 11.5. The molecule has 5 rings (SSSR count). The van der Waals surface area contributed by atoms with E-state index in [9.17, 15) is 4.79 Å². The second kappa shape index (κ2) is 10.1. The number of pyridine rings is 1. The standard InChI is InChI=1S/C26H21BClN4O2S/c1-31-16-22(25(34-35-27)18-5-4-12-29-13-18)30-26(31)24(33)21-15-32(23-7-3-2-6-20(21)23)14-17-8-10-19(28)11-9-17/h2-13,15-16,25,27H,14H2,1H3/i27T. The van der Waals surface area contributed by atoms with E-state index in [2.05, 4.69) is 14.5 Å². The van der Waals surface area contributed by atoms with Crippen LogP contribution in [-0.2, 0) is 17.8 Å². The molecule has 1 unspecified atom stereocenters. The maximum atomic E-state index is 13.8. The summed E-state index contributed by atoms with van der Waals surface area (Å²) in [6.45, 7) is 0.606. The lowest BCUT2D eigenvalue weighted by Gasteiger charge is -2.13. The first-order chi connectivity index (χ1) is 17.5. The number of nitrogens with zero attached hydrogens (tertiary/aromatic N) is 4. The van der Waals surface area contributed by atoms with Crippen LogP contribution in [0.25, 0.3) is 10.9 Å². The monoisotopic (exact) mass is 501 g/mol. The molecule has 0 N–H and O–H groups in total. The quantitative estimate of drug-likeness (QED) is 0.156. The van der Waals surface area contributed by atoms with E-state index >= 15 is 0 Å². The normalized spacial score (nSPS) is 12.5. The summed E-state index contributed by atoms with van der Waals surface area (Å²) in [4.78, 5) is 22.6. The van der Waals surface area contributed by atoms with E-state index in [1.807, 2.05) is 66.9 Å². The molecule has 0 saturated heterocycles. The number of hydrogen-bond acceptors (Lipinski definition) is 5. The van der Waals surface area contributed by atoms with E-state index in [0.29, 0.717) is 28.6 Å². The van der Waals surface area contributed by atoms with Gasteiger partial charge in [0.25, 0.3) is 0 Å². The molecule has 35 heavy (non-hydrogen) atoms. The molecule has 6 nitrogen and oxygen atoms in total. The maximum absolute atomic E-state index is 13.8. The minimum atomic E-state index is -0.579. The zero-order chi connectivity index (χ0) is 25.1. The molecule has 3 heterocycles. The van der Waals surface area contributed by atoms with Crippen molar-refractivity contribution in [2.24, 2.45) is 7.05 Å². The van der Waals surface area contributed by atoms with Gasteiger partial charge in [0.05, 0.1) is 11.3 Å². The number of carbonyl (C=O) groups is 1. The lowest BCUT2D eigenvalue weighted by Crippen LogP contribution is -2.09. The van der Waals surface area contributed by atoms with Gasteiger partial charge in [-0.05, 0) is 31.2 Å². The Kier molecular flexibility index (Phi) is 6.40. The van der Waals surface area contributed by atoms with Crippen molar-refractivity contribution in [2.75, 3.05) is 0 Å². The van der Waals surface area contributed by atoms with Gasteiger partial charge in [0.1, 0.15) is 6.10 Å². The number of aryl methyl sites for hydroxylation is 1. The highest BCUT2D eigenvalue weighted by atomic mass is 35.5. The SMILES string of the molecule is [3H][B]SOC(c1cccnc1)c1cn(C)c(C(=O)c2cn(Cc3ccc(Cl)cc3)c3ccccc23)n1. The van der Waals surface area contributed by atoms with E-state index in [1.165, 1.54) is 0 Å². The molecular formula is C26H21BClN4O2S. The van der Waals surface area contributed by atoms with Gasteiger partial charge in [0.15, 0.2) is 5.82 Å². The third-order valence-electron chi connectivity index (χ3n) is 5.81. The van der Waals surface area contributed by atoms with Gasteiger partial charge in [0.2, 0.25) is 12.9 Å². The first-order valence-corrected chi connectivity index (χ1v) is 12.1. The van der Waals surface area contributed by atoms with Gasteiger partial charge in [-0.1, -0.05) is 59.9 Å². The van der Waals surface area contributed by atoms with Crippen LogP contribution in [0.2, 0.25) is 5.02 Å². The van der Waals surface area contributed by atoms with Gasteiger partial charge >= 0.3 is 0 Å². The third-order valence-corrected chi connectivity index (χ3v) is 6.36. The van der Waals surface area contributed by atoms with Crippen molar-refractivity contribution in [3.05, 3.63) is 119 Å². The summed E-state index contributed by atoms with van der Waals surface area (Å²) in [5.41, 5.74) is 3.96. The van der Waals surface area contributed by atoms with Gasteiger partial charge in [-0.25, -0.2) is 4.98 Å². The number of para-hydroxylation sites is 1. The average molecular weight is 502 g/mol. The van der Waals surface area contributed by atoms with E-state index < -0.39 is 6.10 Å². The number of aromatic nitrogens is 4. The smallest absolute Gasteiger partial charge is 0.230 e. The topological polar surface area (TPSA) is 61.9 Å². The summed E-state index contributed by atoms with van der Waals surface area (Å²) in [5.74, 6) is 0.121. The second-order valence-electron chi connectivity index (χ2n) is 8.10. The fourth-order valence-electron chi connectivity index (χ4n) is 4.15. The minimum Gasteiger partial charge on any atom is -0.342 e. The maximum Gasteiger partial charge on any atom is 0.230 e. The lowest BCUT2D eigenvalue weighted by molar-refractivity contribution is 0.102. The predicted octanol–water partition coefficient (Wildman–Crippen LogP) is 5.27.